The van der Waals surface area contributed by atoms with Crippen molar-refractivity contribution in [3.63, 3.8) is 0 Å². The summed E-state index contributed by atoms with van der Waals surface area (Å²) in [7, 11) is 0. The van der Waals surface area contributed by atoms with Gasteiger partial charge in [-0.2, -0.15) is 0 Å². The second kappa shape index (κ2) is 5.25. The van der Waals surface area contributed by atoms with Crippen molar-refractivity contribution < 1.29 is 4.74 Å². The van der Waals surface area contributed by atoms with Gasteiger partial charge in [0.1, 0.15) is 0 Å². The molecule has 1 aliphatic heterocycles. The van der Waals surface area contributed by atoms with Crippen LogP contribution in [0.5, 0.6) is 0 Å². The van der Waals surface area contributed by atoms with Crippen molar-refractivity contribution in [1.82, 2.24) is 9.97 Å². The fourth-order valence-electron chi connectivity index (χ4n) is 2.06. The normalized spacial score (nSPS) is 19.4. The zero-order valence-electron chi connectivity index (χ0n) is 9.94. The Morgan fingerprint density at radius 3 is 2.88 bits per heavy atom. The minimum Gasteiger partial charge on any atom is -0.381 e. The van der Waals surface area contributed by atoms with Crippen LogP contribution in [0, 0.1) is 12.8 Å². The van der Waals surface area contributed by atoms with Gasteiger partial charge in [-0.1, -0.05) is 0 Å². The third-order valence-electron chi connectivity index (χ3n) is 3.12. The Bertz CT molecular complexity index is 337. The second-order valence-electron chi connectivity index (χ2n) is 4.40. The van der Waals surface area contributed by atoms with Crippen molar-refractivity contribution in [2.24, 2.45) is 5.92 Å². The molecule has 0 spiro atoms. The summed E-state index contributed by atoms with van der Waals surface area (Å²) in [6.45, 7) is 5.93. The number of anilines is 1. The molecule has 1 unspecified atom stereocenters. The van der Waals surface area contributed by atoms with E-state index in [1.165, 1.54) is 0 Å². The highest BCUT2D eigenvalue weighted by atomic mass is 16.5. The lowest BCUT2D eigenvalue weighted by Gasteiger charge is -2.28. The van der Waals surface area contributed by atoms with E-state index in [-0.39, 0.29) is 0 Å². The molecule has 1 aromatic heterocycles. The molecule has 0 bridgehead atoms. The molecule has 88 valence electrons. The van der Waals surface area contributed by atoms with Gasteiger partial charge in [0.25, 0.3) is 0 Å². The summed E-state index contributed by atoms with van der Waals surface area (Å²) in [5.74, 6) is 1.40. The Morgan fingerprint density at radius 1 is 1.44 bits per heavy atom. The van der Waals surface area contributed by atoms with Crippen molar-refractivity contribution in [3.05, 3.63) is 18.0 Å². The number of ether oxygens (including phenoxy) is 1. The molecule has 0 saturated carbocycles. The Kier molecular flexibility index (Phi) is 3.72. The lowest BCUT2D eigenvalue weighted by Crippen LogP contribution is -2.31. The van der Waals surface area contributed by atoms with Gasteiger partial charge in [0, 0.05) is 31.1 Å². The number of aryl methyl sites for hydroxylation is 1. The van der Waals surface area contributed by atoms with Gasteiger partial charge < -0.3 is 10.1 Å². The molecule has 4 nitrogen and oxygen atoms in total. The summed E-state index contributed by atoms with van der Waals surface area (Å²) < 4.78 is 5.36. The van der Waals surface area contributed by atoms with Gasteiger partial charge in [0.05, 0.1) is 0 Å². The summed E-state index contributed by atoms with van der Waals surface area (Å²) in [6, 6.07) is 2.32. The molecule has 16 heavy (non-hydrogen) atoms. The van der Waals surface area contributed by atoms with Crippen LogP contribution in [-0.4, -0.2) is 29.2 Å². The molecule has 1 aromatic rings. The fourth-order valence-corrected chi connectivity index (χ4v) is 2.06. The van der Waals surface area contributed by atoms with Crippen molar-refractivity contribution in [3.8, 4) is 0 Å². The van der Waals surface area contributed by atoms with Gasteiger partial charge in [0.15, 0.2) is 0 Å². The number of rotatable bonds is 3. The first-order chi connectivity index (χ1) is 7.75. The summed E-state index contributed by atoms with van der Waals surface area (Å²) in [6.07, 6.45) is 4.04. The fraction of sp³-hybridized carbons (Fsp3) is 0.667. The molecule has 1 aliphatic rings. The minimum absolute atomic E-state index is 0.408. The first-order valence-electron chi connectivity index (χ1n) is 5.89. The summed E-state index contributed by atoms with van der Waals surface area (Å²) in [4.78, 5) is 8.58. The van der Waals surface area contributed by atoms with Crippen molar-refractivity contribution >= 4 is 5.95 Å². The minimum atomic E-state index is 0.408. The highest BCUT2D eigenvalue weighted by Crippen LogP contribution is 2.20. The van der Waals surface area contributed by atoms with E-state index < -0.39 is 0 Å². The molecule has 0 aromatic carbocycles. The molecular weight excluding hydrogens is 202 g/mol. The Labute approximate surface area is 96.4 Å². The van der Waals surface area contributed by atoms with Crippen LogP contribution in [0.4, 0.5) is 5.95 Å². The van der Waals surface area contributed by atoms with Crippen LogP contribution in [0.1, 0.15) is 25.5 Å². The van der Waals surface area contributed by atoms with Gasteiger partial charge in [-0.15, -0.1) is 0 Å². The topological polar surface area (TPSA) is 47.0 Å². The molecule has 4 heteroatoms. The standard InChI is InChI=1S/C12H19N3O/c1-9-3-6-13-12(14-9)15-10(2)11-4-7-16-8-5-11/h3,6,10-11H,4-5,7-8H2,1-2H3,(H,13,14,15). The second-order valence-corrected chi connectivity index (χ2v) is 4.40. The van der Waals surface area contributed by atoms with E-state index in [0.717, 1.165) is 37.7 Å². The number of aromatic nitrogens is 2. The number of nitrogens with one attached hydrogen (secondary N) is 1. The average Bonchev–Trinajstić information content (AvgIpc) is 2.30. The van der Waals surface area contributed by atoms with Crippen molar-refractivity contribution in [2.45, 2.75) is 32.7 Å². The third-order valence-corrected chi connectivity index (χ3v) is 3.12. The lowest BCUT2D eigenvalue weighted by molar-refractivity contribution is 0.0621. The predicted molar refractivity (Wildman–Crippen MR) is 63.4 cm³/mol. The molecule has 1 atom stereocenters. The van der Waals surface area contributed by atoms with Crippen molar-refractivity contribution in [2.75, 3.05) is 18.5 Å². The monoisotopic (exact) mass is 221 g/mol. The van der Waals surface area contributed by atoms with Crippen LogP contribution in [0.3, 0.4) is 0 Å². The number of hydrogen-bond acceptors (Lipinski definition) is 4. The number of nitrogens with zero attached hydrogens (tertiary/aromatic N) is 2. The third kappa shape index (κ3) is 2.92. The molecule has 0 radical (unpaired) electrons. The van der Waals surface area contributed by atoms with E-state index in [9.17, 15) is 0 Å². The van der Waals surface area contributed by atoms with Gasteiger partial charge in [-0.05, 0) is 38.7 Å². The average molecular weight is 221 g/mol. The SMILES string of the molecule is Cc1ccnc(NC(C)C2CCOCC2)n1. The van der Waals surface area contributed by atoms with Gasteiger partial charge in [0.2, 0.25) is 5.95 Å². The highest BCUT2D eigenvalue weighted by molar-refractivity contribution is 5.26. The van der Waals surface area contributed by atoms with E-state index >= 15 is 0 Å². The maximum absolute atomic E-state index is 5.36. The van der Waals surface area contributed by atoms with Crippen molar-refractivity contribution in [1.29, 1.82) is 0 Å². The van der Waals surface area contributed by atoms with Gasteiger partial charge in [-0.25, -0.2) is 9.97 Å². The quantitative estimate of drug-likeness (QED) is 0.848. The zero-order valence-corrected chi connectivity index (χ0v) is 9.94. The summed E-state index contributed by atoms with van der Waals surface area (Å²) in [5, 5.41) is 3.37. The molecule has 2 heterocycles. The van der Waals surface area contributed by atoms with Gasteiger partial charge in [-0.3, -0.25) is 0 Å². The van der Waals surface area contributed by atoms with E-state index in [4.69, 9.17) is 4.74 Å². The number of hydrogen-bond donors (Lipinski definition) is 1. The first-order valence-corrected chi connectivity index (χ1v) is 5.89. The first kappa shape index (κ1) is 11.3. The van der Waals surface area contributed by atoms with E-state index in [1.54, 1.807) is 6.20 Å². The molecule has 2 rings (SSSR count). The predicted octanol–water partition coefficient (Wildman–Crippen LogP) is 2.01. The van der Waals surface area contributed by atoms with E-state index in [1.807, 2.05) is 13.0 Å². The smallest absolute Gasteiger partial charge is 0.223 e. The molecular formula is C12H19N3O. The van der Waals surface area contributed by atoms with E-state index in [0.29, 0.717) is 12.0 Å². The molecule has 1 N–H and O–H groups in total. The molecule has 1 fully saturated rings. The van der Waals surface area contributed by atoms with Crippen LogP contribution in [0.25, 0.3) is 0 Å². The maximum Gasteiger partial charge on any atom is 0.223 e. The van der Waals surface area contributed by atoms with Crippen LogP contribution >= 0.6 is 0 Å². The molecule has 1 saturated heterocycles. The summed E-state index contributed by atoms with van der Waals surface area (Å²) in [5.41, 5.74) is 0.997. The summed E-state index contributed by atoms with van der Waals surface area (Å²) >= 11 is 0. The maximum atomic E-state index is 5.36. The highest BCUT2D eigenvalue weighted by Gasteiger charge is 2.20. The van der Waals surface area contributed by atoms with Crippen LogP contribution in [-0.2, 0) is 4.74 Å². The molecule has 0 aliphatic carbocycles. The largest absolute Gasteiger partial charge is 0.381 e. The Morgan fingerprint density at radius 2 is 2.19 bits per heavy atom. The Hall–Kier alpha value is -1.16. The zero-order chi connectivity index (χ0) is 11.4. The lowest BCUT2D eigenvalue weighted by atomic mass is 9.93. The van der Waals surface area contributed by atoms with Crippen LogP contribution < -0.4 is 5.32 Å². The van der Waals surface area contributed by atoms with Crippen LogP contribution in [0.15, 0.2) is 12.3 Å². The van der Waals surface area contributed by atoms with Gasteiger partial charge >= 0.3 is 0 Å². The van der Waals surface area contributed by atoms with E-state index in [2.05, 4.69) is 22.2 Å². The Balaban J connectivity index is 1.93. The van der Waals surface area contributed by atoms with Crippen LogP contribution in [0.2, 0.25) is 0 Å². The molecule has 0 amide bonds.